The van der Waals surface area contributed by atoms with E-state index in [1.807, 2.05) is 24.3 Å². The maximum absolute atomic E-state index is 6.66. The van der Waals surface area contributed by atoms with Crippen molar-refractivity contribution in [3.05, 3.63) is 63.6 Å². The molecule has 0 amide bonds. The third-order valence-electron chi connectivity index (χ3n) is 6.49. The van der Waals surface area contributed by atoms with Crippen LogP contribution in [0.5, 0.6) is 5.75 Å². The molecule has 1 unspecified atom stereocenters. The van der Waals surface area contributed by atoms with Crippen molar-refractivity contribution in [3.63, 3.8) is 0 Å². The number of ether oxygens (including phenoxy) is 1. The number of methoxy groups -OCH3 is 1. The maximum Gasteiger partial charge on any atom is 0.118 e. The van der Waals surface area contributed by atoms with E-state index in [0.717, 1.165) is 48.6 Å². The van der Waals surface area contributed by atoms with Gasteiger partial charge in [0, 0.05) is 42.3 Å². The number of piperazine rings is 1. The maximum atomic E-state index is 6.66. The van der Waals surface area contributed by atoms with Gasteiger partial charge in [-0.05, 0) is 48.2 Å². The summed E-state index contributed by atoms with van der Waals surface area (Å²) < 4.78 is 5.36. The average molecular weight is 433 g/mol. The minimum absolute atomic E-state index is 0.124. The Labute approximate surface area is 184 Å². The lowest BCUT2D eigenvalue weighted by molar-refractivity contribution is 0.0647. The van der Waals surface area contributed by atoms with Gasteiger partial charge in [-0.1, -0.05) is 60.7 Å². The average Bonchev–Trinajstić information content (AvgIpc) is 2.77. The van der Waals surface area contributed by atoms with Crippen LogP contribution < -0.4 is 4.74 Å². The predicted molar refractivity (Wildman–Crippen MR) is 121 cm³/mol. The third kappa shape index (κ3) is 4.91. The first-order valence-corrected chi connectivity index (χ1v) is 11.5. The molecule has 2 aromatic carbocycles. The van der Waals surface area contributed by atoms with E-state index in [1.165, 1.54) is 37.7 Å². The van der Waals surface area contributed by atoms with Gasteiger partial charge in [0.25, 0.3) is 0 Å². The van der Waals surface area contributed by atoms with Gasteiger partial charge < -0.3 is 4.74 Å². The Bertz CT molecular complexity index is 797. The second-order valence-electron chi connectivity index (χ2n) is 8.21. The van der Waals surface area contributed by atoms with Crippen molar-refractivity contribution < 1.29 is 4.74 Å². The molecule has 2 aromatic rings. The van der Waals surface area contributed by atoms with Gasteiger partial charge in [0.05, 0.1) is 13.2 Å². The number of hydrogen-bond acceptors (Lipinski definition) is 3. The quantitative estimate of drug-likeness (QED) is 0.572. The van der Waals surface area contributed by atoms with Crippen LogP contribution in [-0.4, -0.2) is 49.1 Å². The summed E-state index contributed by atoms with van der Waals surface area (Å²) in [7, 11) is 1.70. The molecule has 0 aromatic heterocycles. The Morgan fingerprint density at radius 1 is 0.897 bits per heavy atom. The van der Waals surface area contributed by atoms with E-state index in [-0.39, 0.29) is 6.04 Å². The van der Waals surface area contributed by atoms with Gasteiger partial charge in [-0.25, -0.2) is 0 Å². The lowest BCUT2D eigenvalue weighted by Gasteiger charge is -2.43. The molecular formula is C24H30Cl2N2O. The van der Waals surface area contributed by atoms with E-state index < -0.39 is 0 Å². The number of hydrogen-bond donors (Lipinski definition) is 0. The van der Waals surface area contributed by atoms with Gasteiger partial charge in [0.2, 0.25) is 0 Å². The van der Waals surface area contributed by atoms with Crippen LogP contribution in [0, 0.1) is 0 Å². The highest BCUT2D eigenvalue weighted by Gasteiger charge is 2.30. The van der Waals surface area contributed by atoms with Gasteiger partial charge in [-0.3, -0.25) is 9.80 Å². The fraction of sp³-hybridized carbons (Fsp3) is 0.500. The molecule has 1 atom stereocenters. The van der Waals surface area contributed by atoms with Crippen LogP contribution in [0.1, 0.15) is 49.3 Å². The SMILES string of the molecule is COc1ccc(C(c2ccc(Cl)cc2Cl)N2CCN(C3CCCCC3)CC2)cc1. The van der Waals surface area contributed by atoms with Crippen molar-refractivity contribution in [1.29, 1.82) is 0 Å². The first kappa shape index (κ1) is 21.0. The Kier molecular flexibility index (Phi) is 7.02. The first-order valence-electron chi connectivity index (χ1n) is 10.7. The molecule has 1 saturated carbocycles. The first-order chi connectivity index (χ1) is 14.2. The van der Waals surface area contributed by atoms with E-state index in [9.17, 15) is 0 Å². The highest BCUT2D eigenvalue weighted by atomic mass is 35.5. The summed E-state index contributed by atoms with van der Waals surface area (Å²) in [5.74, 6) is 0.872. The fourth-order valence-corrected chi connectivity index (χ4v) is 5.42. The lowest BCUT2D eigenvalue weighted by Crippen LogP contribution is -2.51. The molecule has 1 saturated heterocycles. The van der Waals surface area contributed by atoms with Gasteiger partial charge >= 0.3 is 0 Å². The molecule has 2 fully saturated rings. The number of rotatable bonds is 5. The zero-order valence-electron chi connectivity index (χ0n) is 17.1. The number of halogens is 2. The summed E-state index contributed by atoms with van der Waals surface area (Å²) in [5, 5.41) is 1.40. The van der Waals surface area contributed by atoms with Crippen LogP contribution in [0.4, 0.5) is 0 Å². The van der Waals surface area contributed by atoms with E-state index in [0.29, 0.717) is 5.02 Å². The van der Waals surface area contributed by atoms with Crippen LogP contribution in [0.15, 0.2) is 42.5 Å². The minimum Gasteiger partial charge on any atom is -0.497 e. The highest BCUT2D eigenvalue weighted by Crippen LogP contribution is 2.36. The van der Waals surface area contributed by atoms with Crippen molar-refractivity contribution in [2.24, 2.45) is 0 Å². The molecule has 1 aliphatic carbocycles. The van der Waals surface area contributed by atoms with Gasteiger partial charge in [-0.2, -0.15) is 0 Å². The smallest absolute Gasteiger partial charge is 0.118 e. The van der Waals surface area contributed by atoms with E-state index in [1.54, 1.807) is 7.11 Å². The molecule has 0 N–H and O–H groups in total. The van der Waals surface area contributed by atoms with E-state index in [2.05, 4.69) is 28.0 Å². The largest absolute Gasteiger partial charge is 0.497 e. The highest BCUT2D eigenvalue weighted by molar-refractivity contribution is 6.35. The summed E-state index contributed by atoms with van der Waals surface area (Å²) in [4.78, 5) is 5.28. The predicted octanol–water partition coefficient (Wildman–Crippen LogP) is 6.04. The van der Waals surface area contributed by atoms with E-state index >= 15 is 0 Å². The molecule has 0 spiro atoms. The topological polar surface area (TPSA) is 15.7 Å². The van der Waals surface area contributed by atoms with Crippen molar-refractivity contribution in [1.82, 2.24) is 9.80 Å². The van der Waals surface area contributed by atoms with Crippen LogP contribution in [0.25, 0.3) is 0 Å². The molecule has 0 bridgehead atoms. The monoisotopic (exact) mass is 432 g/mol. The Balaban J connectivity index is 1.57. The minimum atomic E-state index is 0.124. The Morgan fingerprint density at radius 3 is 2.21 bits per heavy atom. The number of nitrogens with zero attached hydrogens (tertiary/aromatic N) is 2. The second kappa shape index (κ2) is 9.70. The molecule has 5 heteroatoms. The van der Waals surface area contributed by atoms with Gasteiger partial charge in [0.1, 0.15) is 5.75 Å². The molecule has 1 heterocycles. The summed E-state index contributed by atoms with van der Waals surface area (Å²) in [5.41, 5.74) is 2.36. The molecule has 4 rings (SSSR count). The van der Waals surface area contributed by atoms with Crippen LogP contribution >= 0.6 is 23.2 Å². The Hall–Kier alpha value is -1.26. The lowest BCUT2D eigenvalue weighted by atomic mass is 9.93. The second-order valence-corrected chi connectivity index (χ2v) is 9.05. The molecular weight excluding hydrogens is 403 g/mol. The van der Waals surface area contributed by atoms with Gasteiger partial charge in [-0.15, -0.1) is 0 Å². The summed E-state index contributed by atoms with van der Waals surface area (Å²) in [6.07, 6.45) is 6.92. The van der Waals surface area contributed by atoms with Crippen molar-refractivity contribution in [2.75, 3.05) is 33.3 Å². The van der Waals surface area contributed by atoms with Crippen LogP contribution in [0.3, 0.4) is 0 Å². The number of benzene rings is 2. The molecule has 2 aliphatic rings. The van der Waals surface area contributed by atoms with Crippen molar-refractivity contribution >= 4 is 23.2 Å². The van der Waals surface area contributed by atoms with E-state index in [4.69, 9.17) is 27.9 Å². The zero-order valence-corrected chi connectivity index (χ0v) is 18.6. The molecule has 0 radical (unpaired) electrons. The summed E-state index contributed by atoms with van der Waals surface area (Å²) in [6.45, 7) is 4.35. The fourth-order valence-electron chi connectivity index (χ4n) is 4.90. The molecule has 3 nitrogen and oxygen atoms in total. The van der Waals surface area contributed by atoms with Crippen molar-refractivity contribution in [2.45, 2.75) is 44.2 Å². The molecule has 29 heavy (non-hydrogen) atoms. The standard InChI is InChI=1S/C24H30Cl2N2O/c1-29-21-10-7-18(8-11-21)24(22-12-9-19(25)17-23(22)26)28-15-13-27(14-16-28)20-5-3-2-4-6-20/h7-12,17,20,24H,2-6,13-16H2,1H3. The van der Waals surface area contributed by atoms with Crippen molar-refractivity contribution in [3.8, 4) is 5.75 Å². The van der Waals surface area contributed by atoms with Crippen LogP contribution in [0.2, 0.25) is 10.0 Å². The Morgan fingerprint density at radius 2 is 1.59 bits per heavy atom. The molecule has 1 aliphatic heterocycles. The molecule has 156 valence electrons. The summed E-state index contributed by atoms with van der Waals surface area (Å²) >= 11 is 12.8. The normalized spacial score (nSPS) is 20.5. The summed E-state index contributed by atoms with van der Waals surface area (Å²) in [6, 6.07) is 15.2. The van der Waals surface area contributed by atoms with Gasteiger partial charge in [0.15, 0.2) is 0 Å². The van der Waals surface area contributed by atoms with Crippen LogP contribution in [-0.2, 0) is 0 Å². The zero-order chi connectivity index (χ0) is 20.2. The third-order valence-corrected chi connectivity index (χ3v) is 7.06.